The zero-order valence-corrected chi connectivity index (χ0v) is 5.90. The first-order valence-corrected chi connectivity index (χ1v) is 3.15. The maximum Gasteiger partial charge on any atom is 0.335 e. The largest absolute Gasteiger partial charge is 0.479 e. The Labute approximate surface area is 58.7 Å². The molecule has 1 heterocycles. The van der Waals surface area contributed by atoms with Gasteiger partial charge < -0.3 is 14.6 Å². The van der Waals surface area contributed by atoms with Crippen LogP contribution < -0.4 is 0 Å². The van der Waals surface area contributed by atoms with Gasteiger partial charge >= 0.3 is 5.97 Å². The van der Waals surface area contributed by atoms with E-state index in [4.69, 9.17) is 14.6 Å². The Hall–Kier alpha value is -0.610. The Morgan fingerprint density at radius 2 is 2.00 bits per heavy atom. The molecule has 1 N–H and O–H groups in total. The van der Waals surface area contributed by atoms with Crippen molar-refractivity contribution in [1.82, 2.24) is 0 Å². The molecule has 1 aliphatic heterocycles. The number of hydrogen-bond donors (Lipinski definition) is 1. The van der Waals surface area contributed by atoms with Crippen LogP contribution in [0.3, 0.4) is 0 Å². The summed E-state index contributed by atoms with van der Waals surface area (Å²) in [5, 5.41) is 8.50. The minimum absolute atomic E-state index is 0.340. The van der Waals surface area contributed by atoms with Crippen LogP contribution in [-0.4, -0.2) is 29.6 Å². The van der Waals surface area contributed by atoms with Crippen LogP contribution in [0, 0.1) is 0 Å². The van der Waals surface area contributed by atoms with Crippen LogP contribution in [0.1, 0.15) is 13.8 Å². The molecule has 0 aromatic heterocycles. The van der Waals surface area contributed by atoms with Gasteiger partial charge in [0.15, 0.2) is 12.4 Å². The molecular weight excluding hydrogens is 136 g/mol. The van der Waals surface area contributed by atoms with E-state index in [2.05, 4.69) is 0 Å². The van der Waals surface area contributed by atoms with Crippen LogP contribution in [0.5, 0.6) is 0 Å². The van der Waals surface area contributed by atoms with Crippen LogP contribution >= 0.6 is 0 Å². The van der Waals surface area contributed by atoms with Gasteiger partial charge in [0.1, 0.15) is 0 Å². The minimum atomic E-state index is -0.961. The average molecular weight is 146 g/mol. The standard InChI is InChI=1S/C6H10O4/c1-3-5(6(7)8)10-4(2)9-3/h3-5H,1-2H3,(H,7,8). The highest BCUT2D eigenvalue weighted by Crippen LogP contribution is 2.17. The van der Waals surface area contributed by atoms with E-state index in [1.165, 1.54) is 0 Å². The van der Waals surface area contributed by atoms with Gasteiger partial charge in [-0.1, -0.05) is 0 Å². The molecule has 4 nitrogen and oxygen atoms in total. The molecule has 0 saturated carbocycles. The van der Waals surface area contributed by atoms with Gasteiger partial charge in [-0.25, -0.2) is 4.79 Å². The first kappa shape index (κ1) is 7.50. The summed E-state index contributed by atoms with van der Waals surface area (Å²) in [7, 11) is 0. The van der Waals surface area contributed by atoms with Crippen molar-refractivity contribution in [2.24, 2.45) is 0 Å². The van der Waals surface area contributed by atoms with Gasteiger partial charge in [-0.05, 0) is 13.8 Å². The SMILES string of the molecule is CC1OC(C)C(C(=O)O)O1. The molecule has 0 amide bonds. The highest BCUT2D eigenvalue weighted by molar-refractivity contribution is 5.73. The summed E-state index contributed by atoms with van der Waals surface area (Å²) < 4.78 is 9.95. The fourth-order valence-corrected chi connectivity index (χ4v) is 0.982. The number of hydrogen-bond acceptors (Lipinski definition) is 3. The van der Waals surface area contributed by atoms with Gasteiger partial charge in [0.25, 0.3) is 0 Å². The maximum absolute atomic E-state index is 10.4. The Balaban J connectivity index is 2.54. The summed E-state index contributed by atoms with van der Waals surface area (Å²) in [5.41, 5.74) is 0. The Kier molecular flexibility index (Phi) is 1.92. The predicted octanol–water partition coefficient (Wildman–Crippen LogP) is 0.221. The van der Waals surface area contributed by atoms with Crippen molar-refractivity contribution in [2.45, 2.75) is 32.3 Å². The number of carbonyl (C=O) groups is 1. The Bertz CT molecular complexity index is 145. The number of rotatable bonds is 1. The third-order valence-electron chi connectivity index (χ3n) is 1.41. The van der Waals surface area contributed by atoms with Gasteiger partial charge in [-0.2, -0.15) is 0 Å². The second-order valence-corrected chi connectivity index (χ2v) is 2.30. The predicted molar refractivity (Wildman–Crippen MR) is 32.5 cm³/mol. The van der Waals surface area contributed by atoms with E-state index in [9.17, 15) is 4.79 Å². The van der Waals surface area contributed by atoms with Crippen molar-refractivity contribution in [1.29, 1.82) is 0 Å². The molecule has 0 bridgehead atoms. The third kappa shape index (κ3) is 1.27. The molecule has 0 radical (unpaired) electrons. The molecule has 0 spiro atoms. The van der Waals surface area contributed by atoms with Crippen molar-refractivity contribution in [3.05, 3.63) is 0 Å². The molecule has 58 valence electrons. The highest BCUT2D eigenvalue weighted by atomic mass is 16.7. The van der Waals surface area contributed by atoms with Crippen molar-refractivity contribution < 1.29 is 19.4 Å². The first-order valence-electron chi connectivity index (χ1n) is 3.15. The summed E-state index contributed by atoms with van der Waals surface area (Å²) in [6, 6.07) is 0. The van der Waals surface area contributed by atoms with Gasteiger partial charge in [0, 0.05) is 0 Å². The number of carboxylic acids is 1. The van der Waals surface area contributed by atoms with Crippen LogP contribution in [0.15, 0.2) is 0 Å². The summed E-state index contributed by atoms with van der Waals surface area (Å²) in [5.74, 6) is -0.961. The number of aliphatic carboxylic acids is 1. The zero-order valence-electron chi connectivity index (χ0n) is 5.90. The van der Waals surface area contributed by atoms with Gasteiger partial charge in [-0.15, -0.1) is 0 Å². The van der Waals surface area contributed by atoms with E-state index >= 15 is 0 Å². The summed E-state index contributed by atoms with van der Waals surface area (Å²) >= 11 is 0. The molecule has 3 atom stereocenters. The summed E-state index contributed by atoms with van der Waals surface area (Å²) in [6.45, 7) is 3.36. The molecule has 1 saturated heterocycles. The van der Waals surface area contributed by atoms with Crippen LogP contribution in [0.2, 0.25) is 0 Å². The lowest BCUT2D eigenvalue weighted by Crippen LogP contribution is -2.28. The molecular formula is C6H10O4. The molecule has 1 rings (SSSR count). The normalized spacial score (nSPS) is 40.0. The Morgan fingerprint density at radius 3 is 2.20 bits per heavy atom. The molecule has 10 heavy (non-hydrogen) atoms. The highest BCUT2D eigenvalue weighted by Gasteiger charge is 2.35. The van der Waals surface area contributed by atoms with E-state index in [0.717, 1.165) is 0 Å². The van der Waals surface area contributed by atoms with Crippen molar-refractivity contribution in [3.63, 3.8) is 0 Å². The molecule has 0 aromatic rings. The van der Waals surface area contributed by atoms with Gasteiger partial charge in [0.2, 0.25) is 0 Å². The van der Waals surface area contributed by atoms with E-state index in [0.29, 0.717) is 0 Å². The van der Waals surface area contributed by atoms with Crippen LogP contribution in [0.25, 0.3) is 0 Å². The lowest BCUT2D eigenvalue weighted by atomic mass is 10.2. The van der Waals surface area contributed by atoms with Crippen LogP contribution in [0.4, 0.5) is 0 Å². The van der Waals surface area contributed by atoms with Gasteiger partial charge in [-0.3, -0.25) is 0 Å². The molecule has 0 aliphatic carbocycles. The van der Waals surface area contributed by atoms with Crippen LogP contribution in [-0.2, 0) is 14.3 Å². The molecule has 1 fully saturated rings. The maximum atomic E-state index is 10.4. The molecule has 1 aliphatic rings. The van der Waals surface area contributed by atoms with Crippen molar-refractivity contribution in [3.8, 4) is 0 Å². The third-order valence-corrected chi connectivity index (χ3v) is 1.41. The van der Waals surface area contributed by atoms with Gasteiger partial charge in [0.05, 0.1) is 6.10 Å². The number of carboxylic acid groups (broad SMARTS) is 1. The second-order valence-electron chi connectivity index (χ2n) is 2.30. The van der Waals surface area contributed by atoms with Crippen molar-refractivity contribution >= 4 is 5.97 Å². The summed E-state index contributed by atoms with van der Waals surface area (Å²) in [4.78, 5) is 10.4. The number of ether oxygens (including phenoxy) is 2. The Morgan fingerprint density at radius 1 is 1.40 bits per heavy atom. The first-order chi connectivity index (χ1) is 4.61. The quantitative estimate of drug-likeness (QED) is 0.575. The second kappa shape index (κ2) is 2.56. The molecule has 0 aromatic carbocycles. The lowest BCUT2D eigenvalue weighted by Gasteiger charge is -2.04. The smallest absolute Gasteiger partial charge is 0.335 e. The fourth-order valence-electron chi connectivity index (χ4n) is 0.982. The summed E-state index contributed by atoms with van der Waals surface area (Å²) in [6.07, 6.45) is -1.53. The minimum Gasteiger partial charge on any atom is -0.479 e. The van der Waals surface area contributed by atoms with E-state index < -0.39 is 18.4 Å². The zero-order chi connectivity index (χ0) is 7.72. The lowest BCUT2D eigenvalue weighted by molar-refractivity contribution is -0.150. The fraction of sp³-hybridized carbons (Fsp3) is 0.833. The van der Waals surface area contributed by atoms with E-state index in [-0.39, 0.29) is 6.10 Å². The molecule has 4 heteroatoms. The molecule has 3 unspecified atom stereocenters. The van der Waals surface area contributed by atoms with E-state index in [1.54, 1.807) is 13.8 Å². The topological polar surface area (TPSA) is 55.8 Å². The average Bonchev–Trinajstić information content (AvgIpc) is 2.10. The monoisotopic (exact) mass is 146 g/mol. The van der Waals surface area contributed by atoms with Crippen molar-refractivity contribution in [2.75, 3.05) is 0 Å². The van der Waals surface area contributed by atoms with E-state index in [1.807, 2.05) is 0 Å².